The van der Waals surface area contributed by atoms with Crippen molar-refractivity contribution in [2.24, 2.45) is 0 Å². The molecule has 2 rings (SSSR count). The number of carbonyl (C=O) groups is 1. The highest BCUT2D eigenvalue weighted by Crippen LogP contribution is 2.58. The smallest absolute Gasteiger partial charge is 0.298 e. The fraction of sp³-hybridized carbons (Fsp3) is 0.364. The van der Waals surface area contributed by atoms with Gasteiger partial charge in [0.1, 0.15) is 6.29 Å². The van der Waals surface area contributed by atoms with E-state index in [1.165, 1.54) is 24.3 Å². The van der Waals surface area contributed by atoms with Crippen LogP contribution in [0.2, 0.25) is 0 Å². The van der Waals surface area contributed by atoms with Crippen molar-refractivity contribution in [3.63, 3.8) is 0 Å². The van der Waals surface area contributed by atoms with Gasteiger partial charge in [-0.1, -0.05) is 24.3 Å². The standard InChI is InChI=1S/C11H9F3O/c12-11(13,14)10(5-6-10)9-3-1-8(7-15)2-4-9/h1-4,7H,5-6H2. The van der Waals surface area contributed by atoms with Gasteiger partial charge in [-0.2, -0.15) is 13.2 Å². The molecule has 4 heteroatoms. The number of halogens is 3. The van der Waals surface area contributed by atoms with Crippen molar-refractivity contribution in [2.75, 3.05) is 0 Å². The number of benzene rings is 1. The minimum Gasteiger partial charge on any atom is -0.298 e. The lowest BCUT2D eigenvalue weighted by molar-refractivity contribution is -0.160. The van der Waals surface area contributed by atoms with Crippen molar-refractivity contribution >= 4 is 6.29 Å². The van der Waals surface area contributed by atoms with Crippen LogP contribution in [0.1, 0.15) is 28.8 Å². The number of hydrogen-bond acceptors (Lipinski definition) is 1. The summed E-state index contributed by atoms with van der Waals surface area (Å²) in [5.74, 6) is 0. The molecule has 1 nitrogen and oxygen atoms in total. The van der Waals surface area contributed by atoms with Crippen molar-refractivity contribution in [1.29, 1.82) is 0 Å². The van der Waals surface area contributed by atoms with Gasteiger partial charge in [0, 0.05) is 5.56 Å². The predicted molar refractivity (Wildman–Crippen MR) is 48.8 cm³/mol. The summed E-state index contributed by atoms with van der Waals surface area (Å²) in [6, 6.07) is 5.64. The Kier molecular flexibility index (Phi) is 2.10. The molecule has 0 saturated heterocycles. The lowest BCUT2D eigenvalue weighted by atomic mass is 9.94. The molecule has 0 spiro atoms. The number of rotatable bonds is 2. The molecule has 0 aliphatic heterocycles. The fourth-order valence-electron chi connectivity index (χ4n) is 1.74. The van der Waals surface area contributed by atoms with Crippen LogP contribution in [0, 0.1) is 0 Å². The summed E-state index contributed by atoms with van der Waals surface area (Å²) in [5, 5.41) is 0. The molecule has 1 aliphatic rings. The summed E-state index contributed by atoms with van der Waals surface area (Å²) in [7, 11) is 0. The molecule has 0 heterocycles. The zero-order valence-corrected chi connectivity index (χ0v) is 7.84. The minimum atomic E-state index is -4.18. The molecule has 1 aromatic carbocycles. The second-order valence-electron chi connectivity index (χ2n) is 3.82. The first-order valence-corrected chi connectivity index (χ1v) is 4.62. The Labute approximate surface area is 84.9 Å². The summed E-state index contributed by atoms with van der Waals surface area (Å²) in [6.45, 7) is 0. The highest BCUT2D eigenvalue weighted by molar-refractivity contribution is 5.74. The largest absolute Gasteiger partial charge is 0.398 e. The normalized spacial score (nSPS) is 18.6. The Balaban J connectivity index is 2.34. The van der Waals surface area contributed by atoms with Crippen LogP contribution in [-0.4, -0.2) is 12.5 Å². The second kappa shape index (κ2) is 3.08. The number of carbonyl (C=O) groups excluding carboxylic acids is 1. The van der Waals surface area contributed by atoms with Crippen LogP contribution in [0.5, 0.6) is 0 Å². The molecule has 0 amide bonds. The van der Waals surface area contributed by atoms with Crippen LogP contribution < -0.4 is 0 Å². The van der Waals surface area contributed by atoms with Gasteiger partial charge in [0.05, 0.1) is 5.41 Å². The third-order valence-corrected chi connectivity index (χ3v) is 2.89. The lowest BCUT2D eigenvalue weighted by Gasteiger charge is -2.19. The van der Waals surface area contributed by atoms with Crippen molar-refractivity contribution in [3.05, 3.63) is 35.4 Å². The van der Waals surface area contributed by atoms with Gasteiger partial charge < -0.3 is 0 Å². The average Bonchev–Trinajstić information content (AvgIpc) is 2.98. The topological polar surface area (TPSA) is 17.1 Å². The van der Waals surface area contributed by atoms with E-state index in [0.717, 1.165) is 0 Å². The van der Waals surface area contributed by atoms with Gasteiger partial charge in [-0.15, -0.1) is 0 Å². The Bertz CT molecular complexity index is 374. The van der Waals surface area contributed by atoms with Gasteiger partial charge in [-0.25, -0.2) is 0 Å². The van der Waals surface area contributed by atoms with Gasteiger partial charge in [-0.3, -0.25) is 4.79 Å². The zero-order chi connectivity index (χ0) is 11.1. The van der Waals surface area contributed by atoms with Crippen molar-refractivity contribution in [1.82, 2.24) is 0 Å². The van der Waals surface area contributed by atoms with E-state index >= 15 is 0 Å². The number of hydrogen-bond donors (Lipinski definition) is 0. The maximum Gasteiger partial charge on any atom is 0.398 e. The van der Waals surface area contributed by atoms with E-state index in [2.05, 4.69) is 0 Å². The number of alkyl halides is 3. The first-order valence-electron chi connectivity index (χ1n) is 4.62. The van der Waals surface area contributed by atoms with Crippen LogP contribution >= 0.6 is 0 Å². The van der Waals surface area contributed by atoms with Gasteiger partial charge >= 0.3 is 6.18 Å². The first kappa shape index (κ1) is 10.2. The molecule has 80 valence electrons. The summed E-state index contributed by atoms with van der Waals surface area (Å²) in [4.78, 5) is 10.4. The third kappa shape index (κ3) is 1.54. The summed E-state index contributed by atoms with van der Waals surface area (Å²) < 4.78 is 38.1. The quantitative estimate of drug-likeness (QED) is 0.691. The molecule has 1 aromatic rings. The summed E-state index contributed by atoms with van der Waals surface area (Å²) in [6.07, 6.45) is -3.26. The molecule has 1 fully saturated rings. The average molecular weight is 214 g/mol. The molecule has 0 radical (unpaired) electrons. The highest BCUT2D eigenvalue weighted by atomic mass is 19.4. The molecular formula is C11H9F3O. The lowest BCUT2D eigenvalue weighted by Crippen LogP contribution is -2.28. The molecule has 1 aliphatic carbocycles. The number of aldehydes is 1. The Morgan fingerprint density at radius 1 is 1.13 bits per heavy atom. The van der Waals surface area contributed by atoms with E-state index in [1.54, 1.807) is 0 Å². The first-order chi connectivity index (χ1) is 6.99. The van der Waals surface area contributed by atoms with E-state index in [9.17, 15) is 18.0 Å². The van der Waals surface area contributed by atoms with E-state index in [-0.39, 0.29) is 18.4 Å². The molecule has 0 atom stereocenters. The summed E-state index contributed by atoms with van der Waals surface area (Å²) in [5.41, 5.74) is -0.980. The Morgan fingerprint density at radius 2 is 1.67 bits per heavy atom. The molecule has 0 unspecified atom stereocenters. The predicted octanol–water partition coefficient (Wildman–Crippen LogP) is 3.09. The van der Waals surface area contributed by atoms with Crippen molar-refractivity contribution < 1.29 is 18.0 Å². The van der Waals surface area contributed by atoms with Gasteiger partial charge in [0.25, 0.3) is 0 Å². The van der Waals surface area contributed by atoms with Crippen LogP contribution in [-0.2, 0) is 5.41 Å². The SMILES string of the molecule is O=Cc1ccc(C2(C(F)(F)F)CC2)cc1. The monoisotopic (exact) mass is 214 g/mol. The molecular weight excluding hydrogens is 205 g/mol. The second-order valence-corrected chi connectivity index (χ2v) is 3.82. The molecule has 0 bridgehead atoms. The maximum absolute atomic E-state index is 12.7. The molecule has 0 N–H and O–H groups in total. The highest BCUT2D eigenvalue weighted by Gasteiger charge is 2.64. The van der Waals surface area contributed by atoms with E-state index in [4.69, 9.17) is 0 Å². The van der Waals surface area contributed by atoms with E-state index < -0.39 is 11.6 Å². The van der Waals surface area contributed by atoms with Crippen LogP contribution in [0.3, 0.4) is 0 Å². The van der Waals surface area contributed by atoms with Crippen molar-refractivity contribution in [2.45, 2.75) is 24.4 Å². The molecule has 15 heavy (non-hydrogen) atoms. The van der Waals surface area contributed by atoms with Crippen LogP contribution in [0.4, 0.5) is 13.2 Å². The van der Waals surface area contributed by atoms with Crippen LogP contribution in [0.15, 0.2) is 24.3 Å². The minimum absolute atomic E-state index is 0.150. The molecule has 1 saturated carbocycles. The van der Waals surface area contributed by atoms with Crippen LogP contribution in [0.25, 0.3) is 0 Å². The molecule has 0 aromatic heterocycles. The Morgan fingerprint density at radius 3 is 2.00 bits per heavy atom. The maximum atomic E-state index is 12.7. The van der Waals surface area contributed by atoms with Gasteiger partial charge in [-0.05, 0) is 18.4 Å². The van der Waals surface area contributed by atoms with Crippen molar-refractivity contribution in [3.8, 4) is 0 Å². The zero-order valence-electron chi connectivity index (χ0n) is 7.84. The van der Waals surface area contributed by atoms with Gasteiger partial charge in [0.2, 0.25) is 0 Å². The summed E-state index contributed by atoms with van der Waals surface area (Å²) >= 11 is 0. The van der Waals surface area contributed by atoms with E-state index in [1.807, 2.05) is 0 Å². The fourth-order valence-corrected chi connectivity index (χ4v) is 1.74. The van der Waals surface area contributed by atoms with E-state index in [0.29, 0.717) is 11.8 Å². The third-order valence-electron chi connectivity index (χ3n) is 2.89. The Hall–Kier alpha value is -1.32. The van der Waals surface area contributed by atoms with Gasteiger partial charge in [0.15, 0.2) is 0 Å².